The van der Waals surface area contributed by atoms with E-state index in [2.05, 4.69) is 15.6 Å². The van der Waals surface area contributed by atoms with Crippen molar-refractivity contribution in [1.82, 2.24) is 15.6 Å². The van der Waals surface area contributed by atoms with E-state index in [9.17, 15) is 4.79 Å². The number of hydrogen-bond donors (Lipinski definition) is 2. The Bertz CT molecular complexity index is 360. The predicted molar refractivity (Wildman–Crippen MR) is 66.4 cm³/mol. The average molecular weight is 233 g/mol. The molecular weight excluding hydrogens is 214 g/mol. The van der Waals surface area contributed by atoms with Crippen LogP contribution in [-0.4, -0.2) is 24.0 Å². The lowest BCUT2D eigenvalue weighted by Gasteiger charge is -2.15. The smallest absolute Gasteiger partial charge is 0.220 e. The van der Waals surface area contributed by atoms with Crippen LogP contribution in [0.5, 0.6) is 0 Å². The minimum absolute atomic E-state index is 0.0329. The average Bonchev–Trinajstić information content (AvgIpc) is 2.82. The third-order valence-corrected chi connectivity index (χ3v) is 3.20. The van der Waals surface area contributed by atoms with Crippen LogP contribution in [0.4, 0.5) is 0 Å². The Labute approximate surface area is 102 Å². The first-order valence-electron chi connectivity index (χ1n) is 6.15. The number of nitrogens with one attached hydrogen (secondary N) is 2. The Hall–Kier alpha value is -1.42. The lowest BCUT2D eigenvalue weighted by molar-refractivity contribution is -0.122. The minimum atomic E-state index is 0.0329. The van der Waals surface area contributed by atoms with Crippen LogP contribution in [0.15, 0.2) is 24.5 Å². The van der Waals surface area contributed by atoms with Crippen molar-refractivity contribution >= 4 is 5.91 Å². The van der Waals surface area contributed by atoms with Gasteiger partial charge in [0.2, 0.25) is 5.91 Å². The molecule has 1 fully saturated rings. The van der Waals surface area contributed by atoms with E-state index in [1.807, 2.05) is 19.1 Å². The number of nitrogens with zero attached hydrogens (tertiary/aromatic N) is 1. The summed E-state index contributed by atoms with van der Waals surface area (Å²) in [5.41, 5.74) is 1.05. The number of hydrogen-bond acceptors (Lipinski definition) is 3. The van der Waals surface area contributed by atoms with Crippen molar-refractivity contribution in [3.63, 3.8) is 0 Å². The highest BCUT2D eigenvalue weighted by atomic mass is 16.1. The highest BCUT2D eigenvalue weighted by Crippen LogP contribution is 2.14. The van der Waals surface area contributed by atoms with Crippen LogP contribution < -0.4 is 10.6 Å². The number of aromatic nitrogens is 1. The molecule has 1 aromatic heterocycles. The van der Waals surface area contributed by atoms with Crippen molar-refractivity contribution in [3.05, 3.63) is 30.1 Å². The lowest BCUT2D eigenvalue weighted by Crippen LogP contribution is -2.28. The first-order valence-corrected chi connectivity index (χ1v) is 6.15. The van der Waals surface area contributed by atoms with Gasteiger partial charge < -0.3 is 10.6 Å². The highest BCUT2D eigenvalue weighted by molar-refractivity contribution is 5.76. The van der Waals surface area contributed by atoms with Gasteiger partial charge in [0, 0.05) is 18.8 Å². The minimum Gasteiger partial charge on any atom is -0.350 e. The van der Waals surface area contributed by atoms with Gasteiger partial charge in [0.05, 0.1) is 6.04 Å². The summed E-state index contributed by atoms with van der Waals surface area (Å²) >= 11 is 0. The zero-order chi connectivity index (χ0) is 12.1. The Balaban J connectivity index is 1.81. The molecule has 4 nitrogen and oxygen atoms in total. The molecule has 0 aliphatic carbocycles. The molecule has 0 aromatic carbocycles. The van der Waals surface area contributed by atoms with Crippen molar-refractivity contribution < 1.29 is 4.79 Å². The van der Waals surface area contributed by atoms with E-state index in [4.69, 9.17) is 0 Å². The molecule has 2 heterocycles. The second-order valence-corrected chi connectivity index (χ2v) is 4.64. The van der Waals surface area contributed by atoms with Crippen molar-refractivity contribution in [2.75, 3.05) is 13.1 Å². The zero-order valence-electron chi connectivity index (χ0n) is 10.1. The fourth-order valence-electron chi connectivity index (χ4n) is 2.17. The van der Waals surface area contributed by atoms with Crippen LogP contribution in [0.3, 0.4) is 0 Å². The number of carbonyl (C=O) groups excluding carboxylic acids is 1. The Morgan fingerprint density at radius 2 is 2.59 bits per heavy atom. The Kier molecular flexibility index (Phi) is 4.09. The van der Waals surface area contributed by atoms with E-state index in [0.717, 1.165) is 25.1 Å². The van der Waals surface area contributed by atoms with Crippen LogP contribution in [0.25, 0.3) is 0 Å². The van der Waals surface area contributed by atoms with Gasteiger partial charge in [-0.3, -0.25) is 9.78 Å². The summed E-state index contributed by atoms with van der Waals surface area (Å²) in [6.45, 7) is 3.99. The zero-order valence-corrected chi connectivity index (χ0v) is 10.1. The molecule has 92 valence electrons. The molecule has 0 bridgehead atoms. The molecular formula is C13H19N3O. The van der Waals surface area contributed by atoms with Crippen molar-refractivity contribution in [2.45, 2.75) is 25.8 Å². The van der Waals surface area contributed by atoms with Gasteiger partial charge in [-0.25, -0.2) is 0 Å². The molecule has 1 amide bonds. The molecule has 0 radical (unpaired) electrons. The molecule has 4 heteroatoms. The topological polar surface area (TPSA) is 54.0 Å². The van der Waals surface area contributed by atoms with Crippen LogP contribution in [0.2, 0.25) is 0 Å². The van der Waals surface area contributed by atoms with Gasteiger partial charge in [-0.05, 0) is 44.0 Å². The Morgan fingerprint density at radius 1 is 1.71 bits per heavy atom. The second kappa shape index (κ2) is 5.77. The highest BCUT2D eigenvalue weighted by Gasteiger charge is 2.19. The van der Waals surface area contributed by atoms with E-state index in [0.29, 0.717) is 12.3 Å². The maximum atomic E-state index is 11.8. The second-order valence-electron chi connectivity index (χ2n) is 4.64. The summed E-state index contributed by atoms with van der Waals surface area (Å²) in [7, 11) is 0. The normalized spacial score (nSPS) is 21.1. The molecule has 17 heavy (non-hydrogen) atoms. The summed E-state index contributed by atoms with van der Waals surface area (Å²) in [6, 6.07) is 3.90. The lowest BCUT2D eigenvalue weighted by atomic mass is 10.0. The summed E-state index contributed by atoms with van der Waals surface area (Å²) < 4.78 is 0. The van der Waals surface area contributed by atoms with Gasteiger partial charge in [-0.1, -0.05) is 6.07 Å². The molecule has 2 N–H and O–H groups in total. The fraction of sp³-hybridized carbons (Fsp3) is 0.538. The van der Waals surface area contributed by atoms with E-state index in [1.165, 1.54) is 0 Å². The third-order valence-electron chi connectivity index (χ3n) is 3.20. The fourth-order valence-corrected chi connectivity index (χ4v) is 2.17. The van der Waals surface area contributed by atoms with Gasteiger partial charge in [0.25, 0.3) is 0 Å². The van der Waals surface area contributed by atoms with Gasteiger partial charge in [-0.2, -0.15) is 0 Å². The van der Waals surface area contributed by atoms with E-state index >= 15 is 0 Å². The summed E-state index contributed by atoms with van der Waals surface area (Å²) in [6.07, 6.45) is 5.26. The van der Waals surface area contributed by atoms with Crippen LogP contribution in [0.1, 0.15) is 31.4 Å². The maximum Gasteiger partial charge on any atom is 0.220 e. The number of carbonyl (C=O) groups is 1. The molecule has 2 atom stereocenters. The van der Waals surface area contributed by atoms with Gasteiger partial charge >= 0.3 is 0 Å². The quantitative estimate of drug-likeness (QED) is 0.823. The first kappa shape index (κ1) is 12.0. The van der Waals surface area contributed by atoms with Crippen molar-refractivity contribution in [1.29, 1.82) is 0 Å². The van der Waals surface area contributed by atoms with E-state index in [1.54, 1.807) is 12.4 Å². The van der Waals surface area contributed by atoms with Crippen LogP contribution in [0, 0.1) is 5.92 Å². The number of rotatable bonds is 4. The summed E-state index contributed by atoms with van der Waals surface area (Å²) in [5.74, 6) is 0.631. The monoisotopic (exact) mass is 233 g/mol. The van der Waals surface area contributed by atoms with Gasteiger partial charge in [0.15, 0.2) is 0 Å². The van der Waals surface area contributed by atoms with E-state index < -0.39 is 0 Å². The molecule has 1 aliphatic rings. The van der Waals surface area contributed by atoms with E-state index in [-0.39, 0.29) is 11.9 Å². The van der Waals surface area contributed by atoms with Crippen molar-refractivity contribution in [3.8, 4) is 0 Å². The maximum absolute atomic E-state index is 11.8. The summed E-state index contributed by atoms with van der Waals surface area (Å²) in [5, 5.41) is 6.29. The molecule has 1 aromatic rings. The van der Waals surface area contributed by atoms with Gasteiger partial charge in [0.1, 0.15) is 0 Å². The van der Waals surface area contributed by atoms with Crippen molar-refractivity contribution in [2.24, 2.45) is 5.92 Å². The molecule has 1 saturated heterocycles. The SMILES string of the molecule is C[C@H](NC(=O)CC1CCNC1)c1cccnc1. The first-order chi connectivity index (χ1) is 8.25. The third kappa shape index (κ3) is 3.53. The number of pyridine rings is 1. The molecule has 2 rings (SSSR count). The summed E-state index contributed by atoms with van der Waals surface area (Å²) in [4.78, 5) is 15.9. The Morgan fingerprint density at radius 3 is 3.24 bits per heavy atom. The molecule has 1 aliphatic heterocycles. The molecule has 0 saturated carbocycles. The predicted octanol–water partition coefficient (Wildman–Crippen LogP) is 1.26. The molecule has 1 unspecified atom stereocenters. The molecule has 0 spiro atoms. The standard InChI is InChI=1S/C13H19N3O/c1-10(12-3-2-5-14-9-12)16-13(17)7-11-4-6-15-8-11/h2-3,5,9-11,15H,4,6-8H2,1H3,(H,16,17)/t10-,11?/m0/s1. The van der Waals surface area contributed by atoms with Gasteiger partial charge in [-0.15, -0.1) is 0 Å². The van der Waals surface area contributed by atoms with Crippen LogP contribution in [-0.2, 0) is 4.79 Å². The largest absolute Gasteiger partial charge is 0.350 e. The van der Waals surface area contributed by atoms with Crippen LogP contribution >= 0.6 is 0 Å². The number of amides is 1.